The number of amides is 1. The van der Waals surface area contributed by atoms with Crippen LogP contribution in [-0.4, -0.2) is 124 Å². The number of carbonyl (C=O) groups is 1. The van der Waals surface area contributed by atoms with E-state index < -0.39 is 66.8 Å². The van der Waals surface area contributed by atoms with E-state index in [-0.39, 0.29) is 52.6 Å². The van der Waals surface area contributed by atoms with Crippen molar-refractivity contribution in [2.75, 3.05) is 26.3 Å². The van der Waals surface area contributed by atoms with Gasteiger partial charge in [-0.15, -0.1) is 0 Å². The number of nitrogens with two attached hydrogens (primary N) is 1. The van der Waals surface area contributed by atoms with Crippen molar-refractivity contribution >= 4 is 5.91 Å². The lowest BCUT2D eigenvalue weighted by atomic mass is 9.32. The summed E-state index contributed by atoms with van der Waals surface area (Å²) in [6.45, 7) is 18.4. The maximum absolute atomic E-state index is 14.1. The van der Waals surface area contributed by atoms with Gasteiger partial charge in [0.25, 0.3) is 0 Å². The van der Waals surface area contributed by atoms with E-state index in [1.165, 1.54) is 5.57 Å². The van der Waals surface area contributed by atoms with E-state index in [9.17, 15) is 35.4 Å². The minimum atomic E-state index is -1.62. The van der Waals surface area contributed by atoms with E-state index in [1.807, 2.05) is 0 Å². The zero-order valence-corrected chi connectivity index (χ0v) is 34.6. The lowest BCUT2D eigenvalue weighted by Gasteiger charge is -2.73. The Bertz CT molecular complexity index is 1470. The summed E-state index contributed by atoms with van der Waals surface area (Å²) in [6, 6.07) is 0. The number of aliphatic hydroxyl groups excluding tert-OH is 6. The fourth-order valence-electron chi connectivity index (χ4n) is 14.6. The predicted molar refractivity (Wildman–Crippen MR) is 206 cm³/mol. The smallest absolute Gasteiger partial charge is 0.226 e. The van der Waals surface area contributed by atoms with Crippen molar-refractivity contribution in [1.82, 2.24) is 5.32 Å². The summed E-state index contributed by atoms with van der Waals surface area (Å²) in [7, 11) is 0. The van der Waals surface area contributed by atoms with Crippen LogP contribution in [0.1, 0.15) is 106 Å². The van der Waals surface area contributed by atoms with Crippen molar-refractivity contribution in [3.63, 3.8) is 0 Å². The van der Waals surface area contributed by atoms with Gasteiger partial charge in [-0.25, -0.2) is 0 Å². The highest BCUT2D eigenvalue weighted by molar-refractivity contribution is 5.84. The lowest BCUT2D eigenvalue weighted by Crippen LogP contribution is -2.68. The first-order valence-corrected chi connectivity index (χ1v) is 21.6. The molecule has 56 heavy (non-hydrogen) atoms. The Morgan fingerprint density at radius 3 is 2.25 bits per heavy atom. The van der Waals surface area contributed by atoms with Gasteiger partial charge in [0.1, 0.15) is 36.6 Å². The van der Waals surface area contributed by atoms with Crippen LogP contribution in [0.4, 0.5) is 0 Å². The molecule has 7 rings (SSSR count). The molecule has 2 aliphatic heterocycles. The van der Waals surface area contributed by atoms with Gasteiger partial charge in [-0.1, -0.05) is 39.8 Å². The van der Waals surface area contributed by atoms with Crippen LogP contribution in [0.5, 0.6) is 0 Å². The van der Waals surface area contributed by atoms with Gasteiger partial charge in [-0.2, -0.15) is 0 Å². The van der Waals surface area contributed by atoms with Gasteiger partial charge < -0.3 is 60.6 Å². The fraction of sp³-hybridized carbons (Fsp3) is 0.930. The number of hydrogen-bond acceptors (Lipinski definition) is 12. The second-order valence-corrected chi connectivity index (χ2v) is 20.3. The van der Waals surface area contributed by atoms with Crippen molar-refractivity contribution in [3.8, 4) is 0 Å². The van der Waals surface area contributed by atoms with Gasteiger partial charge >= 0.3 is 0 Å². The second kappa shape index (κ2) is 15.3. The average Bonchev–Trinajstić information content (AvgIpc) is 3.57. The molecule has 1 amide bonds. The Morgan fingerprint density at radius 2 is 1.57 bits per heavy atom. The normalized spacial score (nSPS) is 54.3. The maximum atomic E-state index is 14.1. The maximum Gasteiger partial charge on any atom is 0.226 e. The van der Waals surface area contributed by atoms with E-state index >= 15 is 0 Å². The Morgan fingerprint density at radius 1 is 0.839 bits per heavy atom. The molecular formula is C43H72N2O11. The van der Waals surface area contributed by atoms with Crippen LogP contribution in [0.15, 0.2) is 12.2 Å². The Hall–Kier alpha value is -1.23. The lowest BCUT2D eigenvalue weighted by molar-refractivity contribution is -0.366. The molecule has 2 heterocycles. The minimum Gasteiger partial charge on any atom is -0.396 e. The number of aliphatic hydroxyl groups is 6. The van der Waals surface area contributed by atoms with Crippen molar-refractivity contribution in [2.45, 2.75) is 167 Å². The number of fused-ring (bicyclic) bond motifs is 7. The zero-order chi connectivity index (χ0) is 40.7. The molecule has 2 saturated heterocycles. The molecule has 5 aliphatic carbocycles. The monoisotopic (exact) mass is 793 g/mol. The minimum absolute atomic E-state index is 0.0229. The number of carbonyl (C=O) groups excluding carboxylic acids is 1. The third kappa shape index (κ3) is 6.31. The van der Waals surface area contributed by atoms with Crippen molar-refractivity contribution in [1.29, 1.82) is 0 Å². The average molecular weight is 793 g/mol. The molecule has 0 spiro atoms. The molecule has 13 heteroatoms. The predicted octanol–water partition coefficient (Wildman–Crippen LogP) is 2.37. The molecule has 5 saturated carbocycles. The van der Waals surface area contributed by atoms with Crippen molar-refractivity contribution < 1.29 is 54.4 Å². The van der Waals surface area contributed by atoms with Gasteiger partial charge in [-0.3, -0.25) is 4.79 Å². The number of rotatable bonds is 9. The van der Waals surface area contributed by atoms with Crippen LogP contribution >= 0.6 is 0 Å². The largest absolute Gasteiger partial charge is 0.396 e. The Labute approximate surface area is 333 Å². The number of hydrogen-bond donors (Lipinski definition) is 8. The summed E-state index contributed by atoms with van der Waals surface area (Å²) >= 11 is 0. The summed E-state index contributed by atoms with van der Waals surface area (Å²) in [6.07, 6.45) is -3.11. The van der Waals surface area contributed by atoms with Gasteiger partial charge in [-0.05, 0) is 124 Å². The zero-order valence-electron chi connectivity index (χ0n) is 34.6. The highest BCUT2D eigenvalue weighted by atomic mass is 16.8. The first-order chi connectivity index (χ1) is 26.3. The second-order valence-electron chi connectivity index (χ2n) is 20.3. The number of allylic oxidation sites excluding steroid dienone is 1. The van der Waals surface area contributed by atoms with Crippen molar-refractivity contribution in [3.05, 3.63) is 12.2 Å². The summed E-state index contributed by atoms with van der Waals surface area (Å²) in [5, 5.41) is 67.7. The standard InChI is InChI=1S/C43H72N2O11/c1-22(2)24-10-15-43(38(52)45-19-18-44)17-16-41(6)25(30(24)43)8-9-28-39(4)13-12-29(40(5,21-46)27(39)11-14-42(28,41)7)55-37-35(32(49)26(47)20-53-37)56-36-34(51)33(50)31(48)23(3)54-36/h23-37,46-51H,1,8-21,44H2,2-7H3,(H,45,52)/t23-,24-,25?,26-,27+,28+,29?,30+,31-,32-,33+,34+,35+,36-,37?,39-,40-,41+,42+,43-/m0/s1. The van der Waals surface area contributed by atoms with Crippen LogP contribution in [0.25, 0.3) is 0 Å². The van der Waals surface area contributed by atoms with Crippen LogP contribution < -0.4 is 11.1 Å². The first-order valence-electron chi connectivity index (χ1n) is 21.6. The third-order valence-electron chi connectivity index (χ3n) is 17.9. The SMILES string of the molecule is C=C(C)[C@@H]1CC[C@]2(C(=O)NCCN)CC[C@]3(C)C(CC[C@@H]4[C@@]5(C)CCC(OC6OC[C@H](O)[C@H](O)[C@H]6O[C@@H]6O[C@@H](C)[C@H](O)[C@@H](O)[C@H]6O)[C@@](C)(CO)[C@@H]5CC[C@]43C)[C@@H]12. The van der Waals surface area contributed by atoms with Crippen LogP contribution in [0.3, 0.4) is 0 Å². The summed E-state index contributed by atoms with van der Waals surface area (Å²) in [5.41, 5.74) is 5.93. The molecule has 320 valence electrons. The molecular weight excluding hydrogens is 720 g/mol. The fourth-order valence-corrected chi connectivity index (χ4v) is 14.6. The molecule has 0 radical (unpaired) electrons. The van der Waals surface area contributed by atoms with Crippen molar-refractivity contribution in [2.24, 2.45) is 62.4 Å². The summed E-state index contributed by atoms with van der Waals surface area (Å²) in [4.78, 5) is 14.1. The van der Waals surface area contributed by atoms with Crippen LogP contribution in [0.2, 0.25) is 0 Å². The molecule has 7 aliphatic rings. The van der Waals surface area contributed by atoms with E-state index in [4.69, 9.17) is 24.7 Å². The van der Waals surface area contributed by atoms with E-state index in [0.29, 0.717) is 37.3 Å². The summed E-state index contributed by atoms with van der Waals surface area (Å²) in [5.74, 6) is 1.68. The molecule has 0 aromatic rings. The van der Waals surface area contributed by atoms with E-state index in [2.05, 4.69) is 46.5 Å². The third-order valence-corrected chi connectivity index (χ3v) is 17.9. The van der Waals surface area contributed by atoms with Gasteiger partial charge in [0.05, 0.1) is 30.8 Å². The van der Waals surface area contributed by atoms with E-state index in [0.717, 1.165) is 57.8 Å². The molecule has 0 bridgehead atoms. The number of nitrogens with one attached hydrogen (secondary N) is 1. The highest BCUT2D eigenvalue weighted by Gasteiger charge is 2.72. The van der Waals surface area contributed by atoms with Gasteiger partial charge in [0, 0.05) is 18.5 Å². The molecule has 13 nitrogen and oxygen atoms in total. The highest BCUT2D eigenvalue weighted by Crippen LogP contribution is 2.77. The number of ether oxygens (including phenoxy) is 4. The van der Waals surface area contributed by atoms with Crippen LogP contribution in [-0.2, 0) is 23.7 Å². The molecule has 0 aromatic carbocycles. The van der Waals surface area contributed by atoms with E-state index in [1.54, 1.807) is 6.92 Å². The van der Waals surface area contributed by atoms with Gasteiger partial charge in [0.15, 0.2) is 12.6 Å². The molecule has 0 aromatic heterocycles. The molecule has 20 atom stereocenters. The van der Waals surface area contributed by atoms with Crippen LogP contribution in [0, 0.1) is 56.7 Å². The first kappa shape index (κ1) is 42.9. The topological polar surface area (TPSA) is 213 Å². The quantitative estimate of drug-likeness (QED) is 0.125. The molecule has 7 fully saturated rings. The Balaban J connectivity index is 1.13. The molecule has 3 unspecified atom stereocenters. The molecule has 9 N–H and O–H groups in total. The summed E-state index contributed by atoms with van der Waals surface area (Å²) < 4.78 is 24.4. The van der Waals surface area contributed by atoms with Gasteiger partial charge in [0.2, 0.25) is 5.91 Å². The Kier molecular flexibility index (Phi) is 11.8.